The number of ether oxygens (including phenoxy) is 1. The Labute approximate surface area is 217 Å². The maximum absolute atomic E-state index is 13.4. The molecule has 0 aromatic heterocycles. The Morgan fingerprint density at radius 2 is 1.54 bits per heavy atom. The van der Waals surface area contributed by atoms with Gasteiger partial charge in [-0.25, -0.2) is 9.59 Å². The van der Waals surface area contributed by atoms with Gasteiger partial charge in [0, 0.05) is 44.3 Å². The number of amides is 2. The molecular weight excluding hydrogens is 470 g/mol. The molecule has 8 nitrogen and oxygen atoms in total. The van der Waals surface area contributed by atoms with E-state index in [2.05, 4.69) is 34.5 Å². The number of carboxylic acids is 1. The zero-order valence-electron chi connectivity index (χ0n) is 20.8. The van der Waals surface area contributed by atoms with Crippen molar-refractivity contribution in [2.45, 2.75) is 12.3 Å². The fourth-order valence-corrected chi connectivity index (χ4v) is 4.57. The molecule has 194 valence electrons. The summed E-state index contributed by atoms with van der Waals surface area (Å²) in [6, 6.07) is 24.3. The van der Waals surface area contributed by atoms with E-state index in [1.54, 1.807) is 4.90 Å². The van der Waals surface area contributed by atoms with Gasteiger partial charge in [-0.3, -0.25) is 4.90 Å². The number of carbonyl (C=O) groups is 2. The van der Waals surface area contributed by atoms with E-state index >= 15 is 0 Å². The molecule has 0 atom stereocenters. The van der Waals surface area contributed by atoms with E-state index in [0.29, 0.717) is 38.5 Å². The van der Waals surface area contributed by atoms with Gasteiger partial charge < -0.3 is 25.2 Å². The Balaban J connectivity index is 1.51. The van der Waals surface area contributed by atoms with Crippen LogP contribution in [0.1, 0.15) is 33.8 Å². The summed E-state index contributed by atoms with van der Waals surface area (Å²) in [5.74, 6) is -1.48. The summed E-state index contributed by atoms with van der Waals surface area (Å²) in [5, 5.41) is 22.0. The third-order valence-electron chi connectivity index (χ3n) is 6.65. The summed E-state index contributed by atoms with van der Waals surface area (Å²) in [4.78, 5) is 28.9. The number of rotatable bonds is 10. The van der Waals surface area contributed by atoms with Crippen molar-refractivity contribution < 1.29 is 24.5 Å². The Bertz CT molecular complexity index is 1130. The largest absolute Gasteiger partial charge is 0.507 e. The van der Waals surface area contributed by atoms with E-state index in [-0.39, 0.29) is 23.3 Å². The van der Waals surface area contributed by atoms with Crippen molar-refractivity contribution in [3.63, 3.8) is 0 Å². The molecule has 0 spiro atoms. The predicted molar refractivity (Wildman–Crippen MR) is 142 cm³/mol. The lowest BCUT2D eigenvalue weighted by atomic mass is 9.88. The predicted octanol–water partition coefficient (Wildman–Crippen LogP) is 4.48. The van der Waals surface area contributed by atoms with Gasteiger partial charge in [0.2, 0.25) is 0 Å². The maximum Gasteiger partial charge on any atom is 0.339 e. The Kier molecular flexibility index (Phi) is 9.13. The highest BCUT2D eigenvalue weighted by atomic mass is 16.5. The van der Waals surface area contributed by atoms with E-state index in [0.717, 1.165) is 19.5 Å². The average Bonchev–Trinajstić information content (AvgIpc) is 2.93. The van der Waals surface area contributed by atoms with Crippen LogP contribution in [0.2, 0.25) is 0 Å². The number of phenols is 1. The lowest BCUT2D eigenvalue weighted by molar-refractivity contribution is 0.0351. The number of nitrogens with one attached hydrogen (secondary N) is 1. The topological polar surface area (TPSA) is 102 Å². The van der Waals surface area contributed by atoms with E-state index < -0.39 is 5.97 Å². The Hall–Kier alpha value is -3.88. The van der Waals surface area contributed by atoms with Gasteiger partial charge in [0.15, 0.2) is 0 Å². The van der Waals surface area contributed by atoms with Gasteiger partial charge >= 0.3 is 12.0 Å². The molecule has 37 heavy (non-hydrogen) atoms. The molecule has 3 N–H and O–H groups in total. The molecule has 1 aliphatic rings. The zero-order valence-corrected chi connectivity index (χ0v) is 20.8. The molecule has 8 heteroatoms. The number of anilines is 1. The number of aromatic carboxylic acids is 1. The molecule has 1 heterocycles. The van der Waals surface area contributed by atoms with Crippen LogP contribution in [-0.2, 0) is 4.74 Å². The van der Waals surface area contributed by atoms with Crippen molar-refractivity contribution in [2.75, 3.05) is 51.3 Å². The Morgan fingerprint density at radius 3 is 2.14 bits per heavy atom. The number of hydrogen-bond acceptors (Lipinski definition) is 5. The van der Waals surface area contributed by atoms with Crippen LogP contribution in [0.4, 0.5) is 10.5 Å². The minimum absolute atomic E-state index is 0.119. The van der Waals surface area contributed by atoms with Crippen molar-refractivity contribution in [3.05, 3.63) is 95.6 Å². The number of urea groups is 1. The van der Waals surface area contributed by atoms with Crippen LogP contribution in [0.5, 0.6) is 5.75 Å². The SMILES string of the molecule is O=C(O)c1cc(NC(=O)N(CCC(c2ccccc2)c2ccccc2)CCN2CCOCC2)ccc1O. The normalized spacial score (nSPS) is 13.9. The van der Waals surface area contributed by atoms with Crippen LogP contribution in [-0.4, -0.2) is 78.0 Å². The van der Waals surface area contributed by atoms with Gasteiger partial charge in [-0.1, -0.05) is 60.7 Å². The number of hydrogen-bond donors (Lipinski definition) is 3. The third kappa shape index (κ3) is 7.31. The summed E-state index contributed by atoms with van der Waals surface area (Å²) in [6.07, 6.45) is 0.723. The molecule has 1 aliphatic heterocycles. The molecule has 1 fully saturated rings. The molecule has 2 amide bonds. The molecule has 4 rings (SSSR count). The Morgan fingerprint density at radius 1 is 0.919 bits per heavy atom. The number of benzene rings is 3. The number of aromatic hydroxyl groups is 1. The van der Waals surface area contributed by atoms with Crippen LogP contribution in [0.15, 0.2) is 78.9 Å². The van der Waals surface area contributed by atoms with Gasteiger partial charge in [0.05, 0.1) is 13.2 Å². The van der Waals surface area contributed by atoms with Gasteiger partial charge in [0.25, 0.3) is 0 Å². The molecule has 1 saturated heterocycles. The van der Waals surface area contributed by atoms with Crippen molar-refractivity contribution in [1.29, 1.82) is 0 Å². The lowest BCUT2D eigenvalue weighted by Crippen LogP contribution is -2.44. The van der Waals surface area contributed by atoms with Crippen molar-refractivity contribution in [3.8, 4) is 5.75 Å². The van der Waals surface area contributed by atoms with Crippen molar-refractivity contribution in [2.24, 2.45) is 0 Å². The maximum atomic E-state index is 13.4. The summed E-state index contributed by atoms with van der Waals surface area (Å²) >= 11 is 0. The van der Waals surface area contributed by atoms with Gasteiger partial charge in [-0.15, -0.1) is 0 Å². The highest BCUT2D eigenvalue weighted by Gasteiger charge is 2.21. The molecule has 3 aromatic carbocycles. The first-order valence-corrected chi connectivity index (χ1v) is 12.5. The highest BCUT2D eigenvalue weighted by Crippen LogP contribution is 2.28. The van der Waals surface area contributed by atoms with E-state index in [1.807, 2.05) is 36.4 Å². The third-order valence-corrected chi connectivity index (χ3v) is 6.65. The van der Waals surface area contributed by atoms with Crippen LogP contribution >= 0.6 is 0 Å². The van der Waals surface area contributed by atoms with E-state index in [9.17, 15) is 19.8 Å². The molecule has 0 bridgehead atoms. The minimum atomic E-state index is -1.26. The average molecular weight is 504 g/mol. The molecule has 0 radical (unpaired) electrons. The number of nitrogens with zero attached hydrogens (tertiary/aromatic N) is 2. The smallest absolute Gasteiger partial charge is 0.339 e. The fourth-order valence-electron chi connectivity index (χ4n) is 4.57. The van der Waals surface area contributed by atoms with Gasteiger partial charge in [0.1, 0.15) is 11.3 Å². The highest BCUT2D eigenvalue weighted by molar-refractivity contribution is 5.95. The van der Waals surface area contributed by atoms with Crippen LogP contribution in [0.3, 0.4) is 0 Å². The summed E-state index contributed by atoms with van der Waals surface area (Å²) < 4.78 is 5.45. The molecule has 3 aromatic rings. The fraction of sp³-hybridized carbons (Fsp3) is 0.310. The second-order valence-electron chi connectivity index (χ2n) is 9.07. The molecule has 0 aliphatic carbocycles. The van der Waals surface area contributed by atoms with Crippen LogP contribution in [0.25, 0.3) is 0 Å². The first-order valence-electron chi connectivity index (χ1n) is 12.5. The minimum Gasteiger partial charge on any atom is -0.507 e. The zero-order chi connectivity index (χ0) is 26.0. The summed E-state index contributed by atoms with van der Waals surface area (Å²) in [5.41, 5.74) is 2.43. The van der Waals surface area contributed by atoms with Crippen LogP contribution < -0.4 is 5.32 Å². The van der Waals surface area contributed by atoms with Crippen LogP contribution in [0, 0.1) is 0 Å². The summed E-state index contributed by atoms with van der Waals surface area (Å²) in [6.45, 7) is 4.76. The second kappa shape index (κ2) is 12.9. The number of morpholine rings is 1. The lowest BCUT2D eigenvalue weighted by Gasteiger charge is -2.31. The van der Waals surface area contributed by atoms with E-state index in [4.69, 9.17) is 4.74 Å². The molecular formula is C29H33N3O5. The van der Waals surface area contributed by atoms with Gasteiger partial charge in [-0.05, 0) is 35.7 Å². The molecule has 0 unspecified atom stereocenters. The number of carbonyl (C=O) groups excluding carboxylic acids is 1. The second-order valence-corrected chi connectivity index (χ2v) is 9.07. The standard InChI is InChI=1S/C29H33N3O5/c33-27-12-11-24(21-26(27)28(34)35)30-29(36)32(16-15-31-17-19-37-20-18-31)14-13-25(22-7-3-1-4-8-22)23-9-5-2-6-10-23/h1-12,21,25,33H,13-20H2,(H,30,36)(H,34,35). The van der Waals surface area contributed by atoms with Crippen molar-refractivity contribution in [1.82, 2.24) is 9.80 Å². The van der Waals surface area contributed by atoms with Crippen molar-refractivity contribution >= 4 is 17.7 Å². The monoisotopic (exact) mass is 503 g/mol. The number of carboxylic acid groups (broad SMARTS) is 1. The first-order chi connectivity index (χ1) is 18.0. The quantitative estimate of drug-likeness (QED) is 0.353. The van der Waals surface area contributed by atoms with E-state index in [1.165, 1.54) is 29.3 Å². The summed E-state index contributed by atoms with van der Waals surface area (Å²) in [7, 11) is 0. The first kappa shape index (κ1) is 26.2. The molecule has 0 saturated carbocycles. The van der Waals surface area contributed by atoms with Gasteiger partial charge in [-0.2, -0.15) is 0 Å².